The summed E-state index contributed by atoms with van der Waals surface area (Å²) < 4.78 is 3.63. The van der Waals surface area contributed by atoms with Gasteiger partial charge in [-0.2, -0.15) is 0 Å². The standard InChI is InChI=1S/C11H13N3O2S/c1-13-8-3-5-17-9(8)10(15)14(11(13)16)7-2-4-12-6-7/h3,5,7,12H,2,4,6H2,1H3/t7-/m1/s1. The molecule has 0 amide bonds. The van der Waals surface area contributed by atoms with Crippen molar-refractivity contribution in [3.05, 3.63) is 32.3 Å². The highest BCUT2D eigenvalue weighted by Gasteiger charge is 2.22. The second-order valence-corrected chi connectivity index (χ2v) is 5.21. The van der Waals surface area contributed by atoms with Crippen LogP contribution in [0.5, 0.6) is 0 Å². The van der Waals surface area contributed by atoms with Crippen molar-refractivity contribution in [2.75, 3.05) is 13.1 Å². The minimum absolute atomic E-state index is 0.00676. The summed E-state index contributed by atoms with van der Waals surface area (Å²) in [7, 11) is 1.72. The molecule has 6 heteroatoms. The van der Waals surface area contributed by atoms with Gasteiger partial charge in [-0.15, -0.1) is 11.3 Å². The zero-order valence-electron chi connectivity index (χ0n) is 9.47. The van der Waals surface area contributed by atoms with Gasteiger partial charge < -0.3 is 5.32 Å². The van der Waals surface area contributed by atoms with Crippen molar-refractivity contribution in [1.29, 1.82) is 0 Å². The summed E-state index contributed by atoms with van der Waals surface area (Å²) in [4.78, 5) is 24.5. The molecule has 5 nitrogen and oxygen atoms in total. The average molecular weight is 251 g/mol. The summed E-state index contributed by atoms with van der Waals surface area (Å²) >= 11 is 1.40. The summed E-state index contributed by atoms with van der Waals surface area (Å²) in [6.45, 7) is 1.56. The number of nitrogens with zero attached hydrogens (tertiary/aromatic N) is 2. The van der Waals surface area contributed by atoms with Crippen LogP contribution in [0.25, 0.3) is 10.2 Å². The molecule has 1 saturated heterocycles. The van der Waals surface area contributed by atoms with Gasteiger partial charge in [-0.1, -0.05) is 0 Å². The van der Waals surface area contributed by atoms with Crippen LogP contribution >= 0.6 is 11.3 Å². The van der Waals surface area contributed by atoms with Crippen molar-refractivity contribution < 1.29 is 0 Å². The molecule has 1 aliphatic heterocycles. The predicted octanol–water partition coefficient (Wildman–Crippen LogP) is 0.296. The van der Waals surface area contributed by atoms with Crippen molar-refractivity contribution in [3.63, 3.8) is 0 Å². The predicted molar refractivity (Wildman–Crippen MR) is 67.8 cm³/mol. The van der Waals surface area contributed by atoms with Gasteiger partial charge in [0, 0.05) is 13.6 Å². The Kier molecular flexibility index (Phi) is 2.41. The summed E-state index contributed by atoms with van der Waals surface area (Å²) in [6.07, 6.45) is 0.839. The Balaban J connectivity index is 2.37. The van der Waals surface area contributed by atoms with E-state index in [-0.39, 0.29) is 17.3 Å². The molecule has 17 heavy (non-hydrogen) atoms. The van der Waals surface area contributed by atoms with E-state index in [0.717, 1.165) is 18.5 Å². The molecule has 0 unspecified atom stereocenters. The van der Waals surface area contributed by atoms with Crippen LogP contribution in [-0.2, 0) is 7.05 Å². The van der Waals surface area contributed by atoms with Gasteiger partial charge in [0.25, 0.3) is 5.56 Å². The maximum absolute atomic E-state index is 12.3. The number of fused-ring (bicyclic) bond motifs is 1. The van der Waals surface area contributed by atoms with E-state index in [9.17, 15) is 9.59 Å². The molecule has 90 valence electrons. The van der Waals surface area contributed by atoms with E-state index in [0.29, 0.717) is 11.2 Å². The van der Waals surface area contributed by atoms with Crippen LogP contribution in [0.1, 0.15) is 12.5 Å². The number of aryl methyl sites for hydroxylation is 1. The van der Waals surface area contributed by atoms with E-state index in [2.05, 4.69) is 5.32 Å². The van der Waals surface area contributed by atoms with Gasteiger partial charge in [-0.3, -0.25) is 13.9 Å². The summed E-state index contributed by atoms with van der Waals surface area (Å²) in [5, 5.41) is 5.03. The van der Waals surface area contributed by atoms with Crippen LogP contribution in [0.3, 0.4) is 0 Å². The number of rotatable bonds is 1. The Morgan fingerprint density at radius 2 is 2.29 bits per heavy atom. The van der Waals surface area contributed by atoms with Crippen LogP contribution in [0, 0.1) is 0 Å². The Bertz CT molecular complexity index is 676. The van der Waals surface area contributed by atoms with E-state index in [4.69, 9.17) is 0 Å². The fourth-order valence-corrected chi connectivity index (χ4v) is 3.23. The lowest BCUT2D eigenvalue weighted by atomic mass is 10.2. The second kappa shape index (κ2) is 3.82. The van der Waals surface area contributed by atoms with Crippen molar-refractivity contribution in [1.82, 2.24) is 14.5 Å². The largest absolute Gasteiger partial charge is 0.331 e. The quantitative estimate of drug-likeness (QED) is 0.793. The molecule has 0 saturated carbocycles. The minimum atomic E-state index is -0.213. The van der Waals surface area contributed by atoms with Gasteiger partial charge in [-0.25, -0.2) is 4.79 Å². The highest BCUT2D eigenvalue weighted by molar-refractivity contribution is 7.17. The van der Waals surface area contributed by atoms with Crippen LogP contribution in [0.4, 0.5) is 0 Å². The first-order valence-corrected chi connectivity index (χ1v) is 6.47. The SMILES string of the molecule is Cn1c(=O)n([C@@H]2CCNC2)c(=O)c2sccc21. The molecule has 0 radical (unpaired) electrons. The average Bonchev–Trinajstić information content (AvgIpc) is 2.97. The molecule has 2 aromatic heterocycles. The molecular formula is C11H13N3O2S. The summed E-state index contributed by atoms with van der Waals surface area (Å²) in [6, 6.07) is 1.81. The van der Waals surface area contributed by atoms with E-state index in [1.165, 1.54) is 15.9 Å². The highest BCUT2D eigenvalue weighted by atomic mass is 32.1. The van der Waals surface area contributed by atoms with Crippen molar-refractivity contribution >= 4 is 21.6 Å². The molecule has 1 fully saturated rings. The third kappa shape index (κ3) is 1.48. The highest BCUT2D eigenvalue weighted by Crippen LogP contribution is 2.17. The molecule has 0 spiro atoms. The fourth-order valence-electron chi connectivity index (χ4n) is 2.37. The van der Waals surface area contributed by atoms with Crippen molar-refractivity contribution in [2.45, 2.75) is 12.5 Å². The monoisotopic (exact) mass is 251 g/mol. The molecule has 1 atom stereocenters. The Hall–Kier alpha value is -1.40. The van der Waals surface area contributed by atoms with Crippen molar-refractivity contribution in [3.8, 4) is 0 Å². The Morgan fingerprint density at radius 1 is 1.47 bits per heavy atom. The van der Waals surface area contributed by atoms with Gasteiger partial charge >= 0.3 is 5.69 Å². The smallest absolute Gasteiger partial charge is 0.315 e. The molecule has 0 aliphatic carbocycles. The van der Waals surface area contributed by atoms with Crippen LogP contribution in [-0.4, -0.2) is 22.2 Å². The van der Waals surface area contributed by atoms with Gasteiger partial charge in [0.2, 0.25) is 0 Å². The van der Waals surface area contributed by atoms with Gasteiger partial charge in [0.05, 0.1) is 11.6 Å². The van der Waals surface area contributed by atoms with Gasteiger partial charge in [0.1, 0.15) is 4.70 Å². The number of hydrogen-bond acceptors (Lipinski definition) is 4. The zero-order chi connectivity index (χ0) is 12.0. The zero-order valence-corrected chi connectivity index (χ0v) is 10.3. The fraction of sp³-hybridized carbons (Fsp3) is 0.455. The molecule has 1 N–H and O–H groups in total. The first-order valence-electron chi connectivity index (χ1n) is 5.59. The van der Waals surface area contributed by atoms with Crippen LogP contribution in [0.15, 0.2) is 21.0 Å². The molecule has 2 aromatic rings. The lowest BCUT2D eigenvalue weighted by Crippen LogP contribution is -2.41. The lowest BCUT2D eigenvalue weighted by Gasteiger charge is -2.13. The number of nitrogens with one attached hydrogen (secondary N) is 1. The maximum atomic E-state index is 12.3. The first-order chi connectivity index (χ1) is 8.20. The summed E-state index contributed by atoms with van der Waals surface area (Å²) in [5.74, 6) is 0. The molecule has 0 bridgehead atoms. The van der Waals surface area contributed by atoms with Crippen LogP contribution in [0.2, 0.25) is 0 Å². The van der Waals surface area contributed by atoms with E-state index >= 15 is 0 Å². The molecule has 3 heterocycles. The summed E-state index contributed by atoms with van der Waals surface area (Å²) in [5.41, 5.74) is 0.369. The minimum Gasteiger partial charge on any atom is -0.315 e. The topological polar surface area (TPSA) is 56.0 Å². The molecule has 3 rings (SSSR count). The molecular weight excluding hydrogens is 238 g/mol. The lowest BCUT2D eigenvalue weighted by molar-refractivity contribution is 0.494. The Labute approximate surface area is 101 Å². The van der Waals surface area contributed by atoms with E-state index in [1.54, 1.807) is 11.6 Å². The Morgan fingerprint density at radius 3 is 3.00 bits per heavy atom. The number of thiophene rings is 1. The molecule has 1 aliphatic rings. The van der Waals surface area contributed by atoms with E-state index in [1.807, 2.05) is 11.4 Å². The number of aromatic nitrogens is 2. The van der Waals surface area contributed by atoms with E-state index < -0.39 is 0 Å². The third-order valence-corrected chi connectivity index (χ3v) is 4.20. The second-order valence-electron chi connectivity index (χ2n) is 4.30. The maximum Gasteiger partial charge on any atom is 0.331 e. The first kappa shape index (κ1) is 10.7. The molecule has 0 aromatic carbocycles. The van der Waals surface area contributed by atoms with Crippen molar-refractivity contribution in [2.24, 2.45) is 7.05 Å². The number of hydrogen-bond donors (Lipinski definition) is 1. The third-order valence-electron chi connectivity index (χ3n) is 3.31. The van der Waals surface area contributed by atoms with Gasteiger partial charge in [-0.05, 0) is 24.4 Å². The normalized spacial score (nSPS) is 20.2. The van der Waals surface area contributed by atoms with Gasteiger partial charge in [0.15, 0.2) is 0 Å². The van der Waals surface area contributed by atoms with Crippen LogP contribution < -0.4 is 16.6 Å².